The van der Waals surface area contributed by atoms with E-state index in [0.29, 0.717) is 18.4 Å². The molecule has 16 heavy (non-hydrogen) atoms. The molecule has 0 radical (unpaired) electrons. The fraction of sp³-hybridized carbons (Fsp3) is 0.818. The monoisotopic (exact) mass is 239 g/mol. The Kier molecular flexibility index (Phi) is 2.59. The van der Waals surface area contributed by atoms with Crippen molar-refractivity contribution < 1.29 is 5.11 Å². The summed E-state index contributed by atoms with van der Waals surface area (Å²) in [6, 6.07) is 0. The van der Waals surface area contributed by atoms with Crippen molar-refractivity contribution in [2.24, 2.45) is 5.92 Å². The Labute approximate surface area is 99.5 Å². The van der Waals surface area contributed by atoms with E-state index in [-0.39, 0.29) is 6.10 Å². The Hall–Kier alpha value is -0.680. The van der Waals surface area contributed by atoms with Gasteiger partial charge in [0, 0.05) is 30.5 Å². The van der Waals surface area contributed by atoms with Crippen molar-refractivity contribution in [1.29, 1.82) is 0 Å². The highest BCUT2D eigenvalue weighted by Gasteiger charge is 2.30. The van der Waals surface area contributed by atoms with Gasteiger partial charge in [0.05, 0.1) is 6.10 Å². The van der Waals surface area contributed by atoms with Gasteiger partial charge in [-0.3, -0.25) is 0 Å². The quantitative estimate of drug-likeness (QED) is 0.852. The minimum Gasteiger partial charge on any atom is -0.391 e. The van der Waals surface area contributed by atoms with Crippen LogP contribution in [0.25, 0.3) is 0 Å². The molecule has 4 nitrogen and oxygen atoms in total. The lowest BCUT2D eigenvalue weighted by Gasteiger charge is -2.33. The zero-order valence-corrected chi connectivity index (χ0v) is 10.3. The molecule has 0 amide bonds. The van der Waals surface area contributed by atoms with Crippen molar-refractivity contribution in [3.63, 3.8) is 0 Å². The Morgan fingerprint density at radius 3 is 2.88 bits per heavy atom. The standard InChI is InChI=1S/C11H17N3OS/c1-7-4-5-14(6-9(7)15)11-12-10(13-16-11)8-2-3-8/h7-9,15H,2-6H2,1H3. The van der Waals surface area contributed by atoms with Crippen molar-refractivity contribution in [2.75, 3.05) is 18.0 Å². The summed E-state index contributed by atoms with van der Waals surface area (Å²) in [6.07, 6.45) is 3.31. The molecular weight excluding hydrogens is 222 g/mol. The van der Waals surface area contributed by atoms with Gasteiger partial charge in [0.2, 0.25) is 5.13 Å². The van der Waals surface area contributed by atoms with Gasteiger partial charge >= 0.3 is 0 Å². The van der Waals surface area contributed by atoms with E-state index in [2.05, 4.69) is 21.2 Å². The number of hydrogen-bond acceptors (Lipinski definition) is 5. The van der Waals surface area contributed by atoms with Gasteiger partial charge in [-0.1, -0.05) is 6.92 Å². The second-order valence-electron chi connectivity index (χ2n) is 4.99. The van der Waals surface area contributed by atoms with Crippen molar-refractivity contribution in [3.8, 4) is 0 Å². The van der Waals surface area contributed by atoms with E-state index in [1.807, 2.05) is 0 Å². The van der Waals surface area contributed by atoms with Crippen LogP contribution in [0.1, 0.15) is 37.9 Å². The van der Waals surface area contributed by atoms with Gasteiger partial charge in [0.15, 0.2) is 0 Å². The fourth-order valence-corrected chi connectivity index (χ4v) is 2.87. The zero-order valence-electron chi connectivity index (χ0n) is 9.46. The predicted octanol–water partition coefficient (Wildman–Crippen LogP) is 1.62. The number of aromatic nitrogens is 2. The molecule has 88 valence electrons. The highest BCUT2D eigenvalue weighted by atomic mass is 32.1. The van der Waals surface area contributed by atoms with Crippen molar-refractivity contribution >= 4 is 16.7 Å². The maximum Gasteiger partial charge on any atom is 0.205 e. The Bertz CT molecular complexity index is 377. The maximum atomic E-state index is 9.85. The van der Waals surface area contributed by atoms with Crippen LogP contribution in [0.15, 0.2) is 0 Å². The van der Waals surface area contributed by atoms with Gasteiger partial charge < -0.3 is 10.0 Å². The number of anilines is 1. The SMILES string of the molecule is CC1CCN(c2nc(C3CC3)ns2)CC1O. The molecule has 0 bridgehead atoms. The van der Waals surface area contributed by atoms with E-state index in [0.717, 1.165) is 23.9 Å². The van der Waals surface area contributed by atoms with E-state index in [1.54, 1.807) is 0 Å². The molecule has 1 aromatic heterocycles. The van der Waals surface area contributed by atoms with Crippen LogP contribution in [0.5, 0.6) is 0 Å². The van der Waals surface area contributed by atoms with Crippen LogP contribution < -0.4 is 4.90 Å². The van der Waals surface area contributed by atoms with Gasteiger partial charge in [-0.15, -0.1) is 0 Å². The van der Waals surface area contributed by atoms with E-state index in [9.17, 15) is 5.11 Å². The minimum atomic E-state index is -0.220. The molecule has 2 heterocycles. The lowest BCUT2D eigenvalue weighted by molar-refractivity contribution is 0.103. The highest BCUT2D eigenvalue weighted by molar-refractivity contribution is 7.09. The molecule has 1 aromatic rings. The summed E-state index contributed by atoms with van der Waals surface area (Å²) in [4.78, 5) is 6.75. The molecular formula is C11H17N3OS. The van der Waals surface area contributed by atoms with E-state index >= 15 is 0 Å². The van der Waals surface area contributed by atoms with Gasteiger partial charge in [-0.2, -0.15) is 4.37 Å². The number of nitrogens with zero attached hydrogens (tertiary/aromatic N) is 3. The average Bonchev–Trinajstić information content (AvgIpc) is 3.01. The first-order valence-electron chi connectivity index (χ1n) is 6.00. The van der Waals surface area contributed by atoms with Gasteiger partial charge in [0.1, 0.15) is 5.82 Å². The lowest BCUT2D eigenvalue weighted by Crippen LogP contribution is -2.42. The van der Waals surface area contributed by atoms with Crippen LogP contribution >= 0.6 is 11.5 Å². The smallest absolute Gasteiger partial charge is 0.205 e. The molecule has 2 aliphatic rings. The number of aliphatic hydroxyl groups excluding tert-OH is 1. The number of hydrogen-bond donors (Lipinski definition) is 1. The van der Waals surface area contributed by atoms with Gasteiger partial charge in [-0.25, -0.2) is 4.98 Å². The molecule has 1 aliphatic carbocycles. The van der Waals surface area contributed by atoms with Crippen molar-refractivity contribution in [1.82, 2.24) is 9.36 Å². The summed E-state index contributed by atoms with van der Waals surface area (Å²) in [5.41, 5.74) is 0. The summed E-state index contributed by atoms with van der Waals surface area (Å²) < 4.78 is 4.40. The third-order valence-corrected chi connectivity index (χ3v) is 4.35. The molecule has 2 atom stereocenters. The fourth-order valence-electron chi connectivity index (χ4n) is 2.08. The van der Waals surface area contributed by atoms with Crippen molar-refractivity contribution in [3.05, 3.63) is 5.82 Å². The third kappa shape index (κ3) is 1.94. The van der Waals surface area contributed by atoms with Crippen LogP contribution in [0.3, 0.4) is 0 Å². The normalized spacial score (nSPS) is 30.8. The molecule has 1 saturated carbocycles. The summed E-state index contributed by atoms with van der Waals surface area (Å²) in [5.74, 6) is 2.05. The maximum absolute atomic E-state index is 9.85. The number of piperidine rings is 1. The first kappa shape index (κ1) is 10.5. The third-order valence-electron chi connectivity index (χ3n) is 3.56. The van der Waals surface area contributed by atoms with Gasteiger partial charge in [-0.05, 0) is 25.2 Å². The van der Waals surface area contributed by atoms with Crippen LogP contribution in [0.2, 0.25) is 0 Å². The molecule has 0 spiro atoms. The summed E-state index contributed by atoms with van der Waals surface area (Å²) >= 11 is 1.48. The second-order valence-corrected chi connectivity index (χ2v) is 5.72. The van der Waals surface area contributed by atoms with Gasteiger partial charge in [0.25, 0.3) is 0 Å². The van der Waals surface area contributed by atoms with Crippen molar-refractivity contribution in [2.45, 2.75) is 38.2 Å². The minimum absolute atomic E-state index is 0.220. The molecule has 2 unspecified atom stereocenters. The molecule has 2 fully saturated rings. The van der Waals surface area contributed by atoms with Crippen LogP contribution in [-0.4, -0.2) is 33.7 Å². The predicted molar refractivity (Wildman–Crippen MR) is 63.9 cm³/mol. The summed E-state index contributed by atoms with van der Waals surface area (Å²) in [6.45, 7) is 3.82. The first-order chi connectivity index (χ1) is 7.74. The van der Waals surface area contributed by atoms with E-state index in [4.69, 9.17) is 0 Å². The topological polar surface area (TPSA) is 49.2 Å². The summed E-state index contributed by atoms with van der Waals surface area (Å²) in [5, 5.41) is 10.8. The summed E-state index contributed by atoms with van der Waals surface area (Å²) in [7, 11) is 0. The number of β-amino-alcohol motifs (C(OH)–C–C–N with tert-alkyl or cyclic N) is 1. The largest absolute Gasteiger partial charge is 0.391 e. The molecule has 5 heteroatoms. The second kappa shape index (κ2) is 3.96. The first-order valence-corrected chi connectivity index (χ1v) is 6.78. The Morgan fingerprint density at radius 1 is 1.38 bits per heavy atom. The molecule has 1 aliphatic heterocycles. The van der Waals surface area contributed by atoms with Crippen LogP contribution in [0.4, 0.5) is 5.13 Å². The molecule has 1 saturated heterocycles. The number of rotatable bonds is 2. The van der Waals surface area contributed by atoms with E-state index < -0.39 is 0 Å². The molecule has 3 rings (SSSR count). The van der Waals surface area contributed by atoms with Crippen LogP contribution in [0, 0.1) is 5.92 Å². The Balaban J connectivity index is 1.71. The Morgan fingerprint density at radius 2 is 2.19 bits per heavy atom. The van der Waals surface area contributed by atoms with Crippen LogP contribution in [-0.2, 0) is 0 Å². The molecule has 1 N–H and O–H groups in total. The lowest BCUT2D eigenvalue weighted by atomic mass is 9.96. The average molecular weight is 239 g/mol. The number of aliphatic hydroxyl groups is 1. The van der Waals surface area contributed by atoms with E-state index in [1.165, 1.54) is 24.4 Å². The molecule has 0 aromatic carbocycles. The zero-order chi connectivity index (χ0) is 11.1. The highest BCUT2D eigenvalue weighted by Crippen LogP contribution is 2.40.